The highest BCUT2D eigenvalue weighted by Crippen LogP contribution is 2.32. The fraction of sp³-hybridized carbons (Fsp3) is 0.611. The first-order valence-electron chi connectivity index (χ1n) is 8.53. The van der Waals surface area contributed by atoms with Gasteiger partial charge in [0.15, 0.2) is 0 Å². The van der Waals surface area contributed by atoms with Gasteiger partial charge in [-0.25, -0.2) is 0 Å². The molecule has 1 heterocycles. The third-order valence-corrected chi connectivity index (χ3v) is 6.20. The Hall–Kier alpha value is -0.870. The molecule has 1 aliphatic heterocycles. The highest BCUT2D eigenvalue weighted by atomic mass is 35.5. The summed E-state index contributed by atoms with van der Waals surface area (Å²) >= 11 is 1.98. The molecule has 3 rings (SSSR count). The first-order valence-corrected chi connectivity index (χ1v) is 9.51. The second-order valence-electron chi connectivity index (χ2n) is 6.56. The third kappa shape index (κ3) is 4.80. The standard InChI is InChI=1S/C18H26N2OS.ClH/c19-18(21)17-7-4-12-20(17)15-8-10-16(11-9-15)22-13-14-5-2-1-3-6-14;/h8-11,14,17H,1-7,12-13H2,(H2,19,21);1H/t17-;/m1./s1. The van der Waals surface area contributed by atoms with Crippen molar-refractivity contribution in [3.8, 4) is 0 Å². The third-order valence-electron chi connectivity index (χ3n) is 4.96. The number of thioether (sulfide) groups is 1. The van der Waals surface area contributed by atoms with Crippen LogP contribution in [-0.4, -0.2) is 24.2 Å². The van der Waals surface area contributed by atoms with E-state index in [2.05, 4.69) is 29.2 Å². The van der Waals surface area contributed by atoms with Crippen LogP contribution in [0.25, 0.3) is 0 Å². The minimum Gasteiger partial charge on any atom is -0.368 e. The quantitative estimate of drug-likeness (QED) is 0.804. The molecule has 1 saturated carbocycles. The van der Waals surface area contributed by atoms with Crippen LogP contribution in [0.2, 0.25) is 0 Å². The number of rotatable bonds is 5. The molecule has 1 aromatic carbocycles. The van der Waals surface area contributed by atoms with Crippen LogP contribution in [-0.2, 0) is 4.79 Å². The molecule has 5 heteroatoms. The first-order chi connectivity index (χ1) is 10.7. The normalized spacial score (nSPS) is 21.9. The van der Waals surface area contributed by atoms with Gasteiger partial charge in [0.25, 0.3) is 0 Å². The second kappa shape index (κ2) is 8.84. The predicted molar refractivity (Wildman–Crippen MR) is 101 cm³/mol. The molecule has 0 unspecified atom stereocenters. The molecule has 1 saturated heterocycles. The number of carbonyl (C=O) groups excluding carboxylic acids is 1. The van der Waals surface area contributed by atoms with Gasteiger partial charge in [0, 0.05) is 22.9 Å². The molecular weight excluding hydrogens is 328 g/mol. The Morgan fingerprint density at radius 2 is 1.78 bits per heavy atom. The van der Waals surface area contributed by atoms with Crippen molar-refractivity contribution in [2.45, 2.75) is 55.9 Å². The molecule has 0 radical (unpaired) electrons. The molecule has 23 heavy (non-hydrogen) atoms. The Kier molecular flexibility index (Phi) is 7.09. The molecule has 2 aliphatic rings. The average molecular weight is 355 g/mol. The van der Waals surface area contributed by atoms with Crippen molar-refractivity contribution < 1.29 is 4.79 Å². The largest absolute Gasteiger partial charge is 0.368 e. The van der Waals surface area contributed by atoms with E-state index in [-0.39, 0.29) is 24.4 Å². The van der Waals surface area contributed by atoms with E-state index in [9.17, 15) is 4.79 Å². The van der Waals surface area contributed by atoms with Gasteiger partial charge in [0.05, 0.1) is 0 Å². The minimum absolute atomic E-state index is 0. The molecule has 0 aromatic heterocycles. The van der Waals surface area contributed by atoms with Gasteiger partial charge in [-0.15, -0.1) is 24.2 Å². The van der Waals surface area contributed by atoms with Crippen molar-refractivity contribution in [1.82, 2.24) is 0 Å². The zero-order valence-corrected chi connectivity index (χ0v) is 15.2. The van der Waals surface area contributed by atoms with Gasteiger partial charge in [-0.05, 0) is 55.9 Å². The monoisotopic (exact) mass is 354 g/mol. The summed E-state index contributed by atoms with van der Waals surface area (Å²) in [5.41, 5.74) is 6.63. The smallest absolute Gasteiger partial charge is 0.240 e. The summed E-state index contributed by atoms with van der Waals surface area (Å²) in [5, 5.41) is 0. The Labute approximate surface area is 149 Å². The van der Waals surface area contributed by atoms with Crippen molar-refractivity contribution >= 4 is 35.8 Å². The van der Waals surface area contributed by atoms with Gasteiger partial charge in [0.1, 0.15) is 6.04 Å². The van der Waals surface area contributed by atoms with Crippen molar-refractivity contribution in [3.05, 3.63) is 24.3 Å². The number of primary amides is 1. The number of anilines is 1. The molecule has 3 nitrogen and oxygen atoms in total. The number of nitrogens with zero attached hydrogens (tertiary/aromatic N) is 1. The number of hydrogen-bond acceptors (Lipinski definition) is 3. The van der Waals surface area contributed by atoms with Crippen LogP contribution in [0.15, 0.2) is 29.2 Å². The van der Waals surface area contributed by atoms with Crippen molar-refractivity contribution in [1.29, 1.82) is 0 Å². The molecule has 2 N–H and O–H groups in total. The van der Waals surface area contributed by atoms with Crippen LogP contribution < -0.4 is 10.6 Å². The van der Waals surface area contributed by atoms with Crippen LogP contribution >= 0.6 is 24.2 Å². The summed E-state index contributed by atoms with van der Waals surface area (Å²) in [5.74, 6) is 1.94. The number of nitrogens with two attached hydrogens (primary N) is 1. The van der Waals surface area contributed by atoms with Gasteiger partial charge < -0.3 is 10.6 Å². The van der Waals surface area contributed by atoms with Crippen LogP contribution in [0, 0.1) is 5.92 Å². The zero-order valence-electron chi connectivity index (χ0n) is 13.6. The summed E-state index contributed by atoms with van der Waals surface area (Å²) in [7, 11) is 0. The van der Waals surface area contributed by atoms with Gasteiger partial charge >= 0.3 is 0 Å². The van der Waals surface area contributed by atoms with E-state index < -0.39 is 0 Å². The Morgan fingerprint density at radius 3 is 2.43 bits per heavy atom. The zero-order chi connectivity index (χ0) is 15.4. The maximum Gasteiger partial charge on any atom is 0.240 e. The van der Waals surface area contributed by atoms with Gasteiger partial charge in [-0.2, -0.15) is 0 Å². The summed E-state index contributed by atoms with van der Waals surface area (Å²) in [6.07, 6.45) is 8.98. The van der Waals surface area contributed by atoms with Crippen molar-refractivity contribution in [3.63, 3.8) is 0 Å². The molecule has 2 fully saturated rings. The van der Waals surface area contributed by atoms with E-state index in [1.54, 1.807) is 0 Å². The lowest BCUT2D eigenvalue weighted by Crippen LogP contribution is -2.40. The van der Waals surface area contributed by atoms with E-state index in [0.29, 0.717) is 0 Å². The Bertz CT molecular complexity index is 502. The Balaban J connectivity index is 0.00000192. The predicted octanol–water partition coefficient (Wildman–Crippen LogP) is 4.23. The van der Waals surface area contributed by atoms with Crippen LogP contribution in [0.1, 0.15) is 44.9 Å². The van der Waals surface area contributed by atoms with E-state index in [1.165, 1.54) is 42.8 Å². The molecule has 1 aliphatic carbocycles. The lowest BCUT2D eigenvalue weighted by Gasteiger charge is -2.24. The molecule has 1 atom stereocenters. The van der Waals surface area contributed by atoms with E-state index in [0.717, 1.165) is 31.0 Å². The molecule has 0 bridgehead atoms. The van der Waals surface area contributed by atoms with Crippen LogP contribution in [0.4, 0.5) is 5.69 Å². The highest BCUT2D eigenvalue weighted by molar-refractivity contribution is 7.99. The number of hydrogen-bond donors (Lipinski definition) is 1. The lowest BCUT2D eigenvalue weighted by atomic mass is 9.91. The maximum atomic E-state index is 11.5. The SMILES string of the molecule is Cl.NC(=O)[C@H]1CCCN1c1ccc(SCC2CCCCC2)cc1. The molecule has 0 spiro atoms. The topological polar surface area (TPSA) is 46.3 Å². The van der Waals surface area contributed by atoms with E-state index >= 15 is 0 Å². The summed E-state index contributed by atoms with van der Waals surface area (Å²) < 4.78 is 0. The average Bonchev–Trinajstić information content (AvgIpc) is 3.04. The van der Waals surface area contributed by atoms with Crippen molar-refractivity contribution in [2.24, 2.45) is 11.7 Å². The summed E-state index contributed by atoms with van der Waals surface area (Å²) in [4.78, 5) is 15.0. The molecule has 1 aromatic rings. The van der Waals surface area contributed by atoms with E-state index in [4.69, 9.17) is 5.73 Å². The fourth-order valence-corrected chi connectivity index (χ4v) is 4.76. The summed E-state index contributed by atoms with van der Waals surface area (Å²) in [6.45, 7) is 0.933. The van der Waals surface area contributed by atoms with Crippen LogP contribution in [0.5, 0.6) is 0 Å². The molecular formula is C18H27ClN2OS. The van der Waals surface area contributed by atoms with Gasteiger partial charge in [-0.1, -0.05) is 19.3 Å². The van der Waals surface area contributed by atoms with Gasteiger partial charge in [-0.3, -0.25) is 4.79 Å². The first kappa shape index (κ1) is 18.5. The second-order valence-corrected chi connectivity index (χ2v) is 7.66. The van der Waals surface area contributed by atoms with Crippen molar-refractivity contribution in [2.75, 3.05) is 17.2 Å². The highest BCUT2D eigenvalue weighted by Gasteiger charge is 2.28. The van der Waals surface area contributed by atoms with Crippen LogP contribution in [0.3, 0.4) is 0 Å². The number of carbonyl (C=O) groups is 1. The number of halogens is 1. The fourth-order valence-electron chi connectivity index (χ4n) is 3.67. The maximum absolute atomic E-state index is 11.5. The molecule has 128 valence electrons. The summed E-state index contributed by atoms with van der Waals surface area (Å²) in [6, 6.07) is 8.55. The van der Waals surface area contributed by atoms with E-state index in [1.807, 2.05) is 11.8 Å². The lowest BCUT2D eigenvalue weighted by molar-refractivity contribution is -0.119. The van der Waals surface area contributed by atoms with Gasteiger partial charge in [0.2, 0.25) is 5.91 Å². The number of benzene rings is 1. The Morgan fingerprint density at radius 1 is 1.09 bits per heavy atom. The number of amides is 1. The minimum atomic E-state index is -0.201. The molecule has 1 amide bonds.